The predicted octanol–water partition coefficient (Wildman–Crippen LogP) is 3.21. The van der Waals surface area contributed by atoms with Gasteiger partial charge < -0.3 is 20.9 Å². The minimum Gasteiger partial charge on any atom is -0.363 e. The molecule has 5 rings (SSSR count). The third-order valence-electron chi connectivity index (χ3n) is 6.38. The van der Waals surface area contributed by atoms with E-state index in [0.29, 0.717) is 26.1 Å². The Labute approximate surface area is 205 Å². The number of hydrogen-bond donors (Lipinski definition) is 3. The van der Waals surface area contributed by atoms with Gasteiger partial charge in [0.1, 0.15) is 11.6 Å². The number of aromatic nitrogens is 3. The zero-order chi connectivity index (χ0) is 24.7. The number of imidazole rings is 1. The molecule has 0 radical (unpaired) electrons. The summed E-state index contributed by atoms with van der Waals surface area (Å²) in [7, 11) is 0.678. The van der Waals surface area contributed by atoms with E-state index >= 15 is 0 Å². The molecule has 1 aliphatic rings. The van der Waals surface area contributed by atoms with Crippen LogP contribution in [0.5, 0.6) is 0 Å². The van der Waals surface area contributed by atoms with E-state index in [2.05, 4.69) is 15.3 Å². The smallest absolute Gasteiger partial charge is 0.211 e. The van der Waals surface area contributed by atoms with E-state index in [9.17, 15) is 8.42 Å². The number of rotatable bonds is 6. The predicted molar refractivity (Wildman–Crippen MR) is 140 cm³/mol. The Balaban J connectivity index is 1.48. The van der Waals surface area contributed by atoms with E-state index in [4.69, 9.17) is 10.7 Å². The molecule has 4 aromatic rings. The van der Waals surface area contributed by atoms with Gasteiger partial charge in [0.05, 0.1) is 23.5 Å². The van der Waals surface area contributed by atoms with Crippen molar-refractivity contribution in [3.8, 4) is 11.4 Å². The molecule has 9 nitrogen and oxygen atoms in total. The van der Waals surface area contributed by atoms with Crippen molar-refractivity contribution >= 4 is 38.2 Å². The van der Waals surface area contributed by atoms with Gasteiger partial charge in [0.25, 0.3) is 0 Å². The van der Waals surface area contributed by atoms with Crippen LogP contribution in [0.2, 0.25) is 0 Å². The highest BCUT2D eigenvalue weighted by atomic mass is 32.2. The SMILES string of the molecule is CN(C)c1cc2nc(-c3cc(Nc4cccc5c4CCN(S(C)(=O)=O)C5)ccc3CN)[nH]c2cn1. The number of nitrogens with one attached hydrogen (secondary N) is 2. The number of nitrogens with two attached hydrogens (primary N) is 1. The van der Waals surface area contributed by atoms with Gasteiger partial charge in [-0.05, 0) is 41.3 Å². The summed E-state index contributed by atoms with van der Waals surface area (Å²) < 4.78 is 25.5. The standard InChI is InChI=1S/C25H29N7O2S/c1-31(2)24-12-22-23(14-27-24)30-25(29-22)20-11-18(8-7-16(20)13-26)28-21-6-4-5-17-15-32(35(3,33)34)10-9-19(17)21/h4-8,11-12,14,28H,9-10,13,15,26H2,1-3H3,(H,29,30). The number of sulfonamides is 1. The Morgan fingerprint density at radius 2 is 2.03 bits per heavy atom. The Bertz CT molecular complexity index is 1510. The summed E-state index contributed by atoms with van der Waals surface area (Å²) in [5, 5.41) is 3.54. The summed E-state index contributed by atoms with van der Waals surface area (Å²) in [5.41, 5.74) is 13.7. The zero-order valence-corrected chi connectivity index (χ0v) is 20.9. The van der Waals surface area contributed by atoms with Gasteiger partial charge in [-0.15, -0.1) is 0 Å². The van der Waals surface area contributed by atoms with Crippen molar-refractivity contribution in [2.75, 3.05) is 37.1 Å². The minimum absolute atomic E-state index is 0.385. The van der Waals surface area contributed by atoms with Crippen molar-refractivity contribution in [2.45, 2.75) is 19.5 Å². The number of anilines is 3. The lowest BCUT2D eigenvalue weighted by Gasteiger charge is -2.28. The van der Waals surface area contributed by atoms with Crippen LogP contribution in [0.1, 0.15) is 16.7 Å². The van der Waals surface area contributed by atoms with E-state index in [-0.39, 0.29) is 0 Å². The molecule has 0 unspecified atom stereocenters. The first-order valence-electron chi connectivity index (χ1n) is 11.4. The third-order valence-corrected chi connectivity index (χ3v) is 7.62. The molecule has 0 saturated heterocycles. The Kier molecular flexibility index (Phi) is 5.96. The summed E-state index contributed by atoms with van der Waals surface area (Å²) in [5.74, 6) is 1.58. The van der Waals surface area contributed by atoms with Crippen LogP contribution in [0.15, 0.2) is 48.7 Å². The fraction of sp³-hybridized carbons (Fsp3) is 0.280. The van der Waals surface area contributed by atoms with Gasteiger partial charge in [-0.1, -0.05) is 18.2 Å². The second-order valence-corrected chi connectivity index (χ2v) is 11.0. The lowest BCUT2D eigenvalue weighted by Crippen LogP contribution is -2.35. The van der Waals surface area contributed by atoms with E-state index in [1.54, 1.807) is 6.20 Å². The van der Waals surface area contributed by atoms with Crippen LogP contribution in [-0.2, 0) is 29.5 Å². The van der Waals surface area contributed by atoms with E-state index in [1.807, 2.05) is 61.5 Å². The Morgan fingerprint density at radius 3 is 2.77 bits per heavy atom. The van der Waals surface area contributed by atoms with Crippen LogP contribution in [0.25, 0.3) is 22.4 Å². The number of benzene rings is 2. The average molecular weight is 492 g/mol. The first kappa shape index (κ1) is 23.3. The van der Waals surface area contributed by atoms with Gasteiger partial charge in [0.15, 0.2) is 0 Å². The van der Waals surface area contributed by atoms with Gasteiger partial charge in [-0.3, -0.25) is 0 Å². The molecule has 0 spiro atoms. The summed E-state index contributed by atoms with van der Waals surface area (Å²) in [6.45, 7) is 1.25. The molecule has 4 N–H and O–H groups in total. The first-order valence-corrected chi connectivity index (χ1v) is 13.3. The molecular formula is C25H29N7O2S. The number of nitrogens with zero attached hydrogens (tertiary/aromatic N) is 4. The van der Waals surface area contributed by atoms with Gasteiger partial charge in [0, 0.05) is 56.7 Å². The van der Waals surface area contributed by atoms with Gasteiger partial charge in [-0.2, -0.15) is 4.31 Å². The topological polar surface area (TPSA) is 120 Å². The molecule has 35 heavy (non-hydrogen) atoms. The van der Waals surface area contributed by atoms with Crippen LogP contribution < -0.4 is 16.0 Å². The van der Waals surface area contributed by atoms with Gasteiger partial charge in [0.2, 0.25) is 10.0 Å². The number of aromatic amines is 1. The van der Waals surface area contributed by atoms with Crippen LogP contribution in [-0.4, -0.2) is 54.6 Å². The van der Waals surface area contributed by atoms with Crippen molar-refractivity contribution in [1.82, 2.24) is 19.3 Å². The second-order valence-electron chi connectivity index (χ2n) is 9.03. The Hall–Kier alpha value is -3.47. The average Bonchev–Trinajstić information content (AvgIpc) is 3.26. The number of H-pyrrole nitrogens is 1. The molecule has 10 heteroatoms. The molecule has 0 aliphatic carbocycles. The molecule has 2 aromatic heterocycles. The molecule has 182 valence electrons. The van der Waals surface area contributed by atoms with Crippen LogP contribution >= 0.6 is 0 Å². The highest BCUT2D eigenvalue weighted by Gasteiger charge is 2.24. The fourth-order valence-corrected chi connectivity index (χ4v) is 5.26. The quantitative estimate of drug-likeness (QED) is 0.379. The van der Waals surface area contributed by atoms with Crippen molar-refractivity contribution in [2.24, 2.45) is 5.73 Å². The van der Waals surface area contributed by atoms with Crippen LogP contribution in [0.4, 0.5) is 17.2 Å². The second kappa shape index (κ2) is 8.95. The fourth-order valence-electron chi connectivity index (χ4n) is 4.46. The van der Waals surface area contributed by atoms with Gasteiger partial charge >= 0.3 is 0 Å². The molecule has 0 bridgehead atoms. The molecule has 1 aliphatic heterocycles. The first-order chi connectivity index (χ1) is 16.7. The summed E-state index contributed by atoms with van der Waals surface area (Å²) >= 11 is 0. The molecule has 0 fully saturated rings. The highest BCUT2D eigenvalue weighted by molar-refractivity contribution is 7.88. The van der Waals surface area contributed by atoms with Crippen molar-refractivity contribution in [3.63, 3.8) is 0 Å². The van der Waals surface area contributed by atoms with Crippen LogP contribution in [0, 0.1) is 0 Å². The molecule has 0 saturated carbocycles. The van der Waals surface area contributed by atoms with Crippen molar-refractivity contribution in [1.29, 1.82) is 0 Å². The number of fused-ring (bicyclic) bond motifs is 2. The van der Waals surface area contributed by atoms with E-state index in [0.717, 1.165) is 56.3 Å². The maximum Gasteiger partial charge on any atom is 0.211 e. The summed E-state index contributed by atoms with van der Waals surface area (Å²) in [4.78, 5) is 14.6. The zero-order valence-electron chi connectivity index (χ0n) is 20.0. The monoisotopic (exact) mass is 491 g/mol. The highest BCUT2D eigenvalue weighted by Crippen LogP contribution is 2.32. The lowest BCUT2D eigenvalue weighted by atomic mass is 9.98. The van der Waals surface area contributed by atoms with Crippen molar-refractivity contribution in [3.05, 3.63) is 65.4 Å². The molecule has 3 heterocycles. The van der Waals surface area contributed by atoms with Crippen LogP contribution in [0.3, 0.4) is 0 Å². The van der Waals surface area contributed by atoms with E-state index < -0.39 is 10.0 Å². The van der Waals surface area contributed by atoms with Gasteiger partial charge in [-0.25, -0.2) is 18.4 Å². The normalized spacial score (nSPS) is 14.2. The lowest BCUT2D eigenvalue weighted by molar-refractivity contribution is 0.395. The Morgan fingerprint density at radius 1 is 1.20 bits per heavy atom. The number of pyridine rings is 1. The minimum atomic E-state index is -3.22. The maximum atomic E-state index is 12.0. The summed E-state index contributed by atoms with van der Waals surface area (Å²) in [6.07, 6.45) is 3.71. The van der Waals surface area contributed by atoms with Crippen molar-refractivity contribution < 1.29 is 8.42 Å². The van der Waals surface area contributed by atoms with E-state index in [1.165, 1.54) is 10.6 Å². The molecule has 0 atom stereocenters. The number of hydrogen-bond acceptors (Lipinski definition) is 7. The largest absolute Gasteiger partial charge is 0.363 e. The summed E-state index contributed by atoms with van der Waals surface area (Å²) in [6, 6.07) is 14.0. The maximum absolute atomic E-state index is 12.0. The molecular weight excluding hydrogens is 462 g/mol. The molecule has 0 amide bonds. The third kappa shape index (κ3) is 4.60. The molecule has 2 aromatic carbocycles.